The molecule has 0 aromatic rings. The molecule has 0 saturated carbocycles. The molecule has 0 fully saturated rings. The number of hydrogen-bond donors (Lipinski definition) is 3. The van der Waals surface area contributed by atoms with Crippen LogP contribution in [0.4, 0.5) is 0 Å². The van der Waals surface area contributed by atoms with E-state index in [0.29, 0.717) is 19.5 Å². The number of aliphatic hydroxyl groups excluding tert-OH is 2. The van der Waals surface area contributed by atoms with Crippen molar-refractivity contribution in [2.45, 2.75) is 123 Å². The molecule has 0 aromatic heterocycles. The maximum Gasteiger partial charge on any atom is 0.221 e. The zero-order valence-corrected chi connectivity index (χ0v) is 19.5. The zero-order valence-electron chi connectivity index (χ0n) is 19.5. The summed E-state index contributed by atoms with van der Waals surface area (Å²) in [4.78, 5) is 13.9. The summed E-state index contributed by atoms with van der Waals surface area (Å²) in [6, 6.07) is 0. The second-order valence-electron chi connectivity index (χ2n) is 8.43. The number of rotatable bonds is 22. The minimum Gasteiger partial charge on any atom is -0.395 e. The third-order valence-corrected chi connectivity index (χ3v) is 5.70. The second kappa shape index (κ2) is 22.0. The van der Waals surface area contributed by atoms with E-state index in [2.05, 4.69) is 12.2 Å². The Morgan fingerprint density at radius 3 is 1.48 bits per heavy atom. The quantitative estimate of drug-likeness (QED) is 0.172. The molecule has 3 N–H and O–H groups in total. The Hall–Kier alpha value is -0.650. The van der Waals surface area contributed by atoms with Crippen LogP contribution < -0.4 is 5.32 Å². The van der Waals surface area contributed by atoms with Gasteiger partial charge in [-0.3, -0.25) is 9.69 Å². The van der Waals surface area contributed by atoms with Gasteiger partial charge in [-0.2, -0.15) is 0 Å². The van der Waals surface area contributed by atoms with Crippen LogP contribution in [0.2, 0.25) is 0 Å². The number of nitrogens with one attached hydrogen (secondary N) is 1. The van der Waals surface area contributed by atoms with Crippen molar-refractivity contribution < 1.29 is 15.0 Å². The summed E-state index contributed by atoms with van der Waals surface area (Å²) >= 11 is 0. The van der Waals surface area contributed by atoms with Crippen molar-refractivity contribution in [3.63, 3.8) is 0 Å². The van der Waals surface area contributed by atoms with Gasteiger partial charge in [0.05, 0.1) is 19.4 Å². The highest BCUT2D eigenvalue weighted by Gasteiger charge is 2.14. The number of hydrogen-bond acceptors (Lipinski definition) is 4. The zero-order chi connectivity index (χ0) is 21.6. The first-order valence-corrected chi connectivity index (χ1v) is 12.4. The molecule has 0 aliphatic carbocycles. The van der Waals surface area contributed by atoms with Crippen LogP contribution in [0.3, 0.4) is 0 Å². The third kappa shape index (κ3) is 19.1. The number of unbranched alkanes of at least 4 members (excludes halogenated alkanes) is 14. The highest BCUT2D eigenvalue weighted by molar-refractivity contribution is 5.76. The minimum absolute atomic E-state index is 0.0270. The lowest BCUT2D eigenvalue weighted by Gasteiger charge is -2.28. The Balaban J connectivity index is 3.42. The fraction of sp³-hybridized carbons (Fsp3) is 0.958. The highest BCUT2D eigenvalue weighted by Crippen LogP contribution is 2.13. The summed E-state index contributed by atoms with van der Waals surface area (Å²) in [5.41, 5.74) is 0. The van der Waals surface area contributed by atoms with Crippen molar-refractivity contribution in [3.8, 4) is 0 Å². The fourth-order valence-electron chi connectivity index (χ4n) is 3.81. The van der Waals surface area contributed by atoms with E-state index in [1.165, 1.54) is 83.5 Å². The van der Waals surface area contributed by atoms with E-state index < -0.39 is 0 Å². The molecular weight excluding hydrogens is 364 g/mol. The van der Waals surface area contributed by atoms with Crippen molar-refractivity contribution in [1.29, 1.82) is 0 Å². The Kier molecular flexibility index (Phi) is 21.6. The first-order chi connectivity index (χ1) is 14.2. The van der Waals surface area contributed by atoms with Crippen LogP contribution in [-0.4, -0.2) is 53.5 Å². The standard InChI is InChI=1S/C24H50N2O3/c1-3-4-5-6-7-8-9-10-11-12-13-14-15-16-17-18-24(29)25-23(2)26(19-21-27)20-22-28/h23,27-28H,3-22H2,1-2H3,(H,25,29). The number of carbonyl (C=O) groups is 1. The van der Waals surface area contributed by atoms with Crippen molar-refractivity contribution in [2.75, 3.05) is 26.3 Å². The molecule has 29 heavy (non-hydrogen) atoms. The third-order valence-electron chi connectivity index (χ3n) is 5.70. The van der Waals surface area contributed by atoms with Crippen LogP contribution in [0.5, 0.6) is 0 Å². The molecule has 174 valence electrons. The molecule has 0 aromatic carbocycles. The van der Waals surface area contributed by atoms with Crippen molar-refractivity contribution in [2.24, 2.45) is 0 Å². The van der Waals surface area contributed by atoms with Crippen LogP contribution in [0.15, 0.2) is 0 Å². The van der Waals surface area contributed by atoms with Crippen molar-refractivity contribution in [3.05, 3.63) is 0 Å². The van der Waals surface area contributed by atoms with E-state index in [9.17, 15) is 4.79 Å². The summed E-state index contributed by atoms with van der Waals surface area (Å²) in [7, 11) is 0. The van der Waals surface area contributed by atoms with Crippen LogP contribution in [0, 0.1) is 0 Å². The smallest absolute Gasteiger partial charge is 0.221 e. The summed E-state index contributed by atoms with van der Waals surface area (Å²) < 4.78 is 0. The first-order valence-electron chi connectivity index (χ1n) is 12.4. The van der Waals surface area contributed by atoms with Gasteiger partial charge in [0.2, 0.25) is 5.91 Å². The van der Waals surface area contributed by atoms with Gasteiger partial charge in [0.1, 0.15) is 0 Å². The Labute approximate surface area is 180 Å². The topological polar surface area (TPSA) is 72.8 Å². The monoisotopic (exact) mass is 414 g/mol. The molecule has 0 aliphatic heterocycles. The lowest BCUT2D eigenvalue weighted by molar-refractivity contribution is -0.123. The van der Waals surface area contributed by atoms with Gasteiger partial charge in [0.15, 0.2) is 0 Å². The van der Waals surface area contributed by atoms with Crippen LogP contribution in [0.25, 0.3) is 0 Å². The lowest BCUT2D eigenvalue weighted by atomic mass is 10.0. The molecule has 0 saturated heterocycles. The van der Waals surface area contributed by atoms with Crippen LogP contribution in [-0.2, 0) is 4.79 Å². The highest BCUT2D eigenvalue weighted by atomic mass is 16.3. The molecule has 0 spiro atoms. The Morgan fingerprint density at radius 2 is 1.10 bits per heavy atom. The molecule has 0 aliphatic rings. The van der Waals surface area contributed by atoms with E-state index in [1.54, 1.807) is 0 Å². The van der Waals surface area contributed by atoms with Crippen LogP contribution >= 0.6 is 0 Å². The van der Waals surface area contributed by atoms with Gasteiger partial charge < -0.3 is 15.5 Å². The van der Waals surface area contributed by atoms with Gasteiger partial charge in [-0.15, -0.1) is 0 Å². The minimum atomic E-state index is -0.154. The number of amides is 1. The maximum atomic E-state index is 12.0. The summed E-state index contributed by atoms with van der Waals surface area (Å²) in [5.74, 6) is 0.0630. The number of nitrogens with zero attached hydrogens (tertiary/aromatic N) is 1. The predicted octanol–water partition coefficient (Wildman–Crippen LogP) is 5.00. The molecule has 5 nitrogen and oxygen atoms in total. The predicted molar refractivity (Wildman–Crippen MR) is 123 cm³/mol. The molecule has 0 rings (SSSR count). The van der Waals surface area contributed by atoms with Gasteiger partial charge >= 0.3 is 0 Å². The average molecular weight is 415 g/mol. The van der Waals surface area contributed by atoms with E-state index in [1.807, 2.05) is 11.8 Å². The lowest BCUT2D eigenvalue weighted by Crippen LogP contribution is -2.48. The summed E-state index contributed by atoms with van der Waals surface area (Å²) in [6.45, 7) is 5.14. The van der Waals surface area contributed by atoms with E-state index in [0.717, 1.165) is 12.8 Å². The molecule has 1 unspecified atom stereocenters. The van der Waals surface area contributed by atoms with Gasteiger partial charge in [-0.05, 0) is 13.3 Å². The molecule has 1 amide bonds. The molecule has 0 radical (unpaired) electrons. The molecule has 1 atom stereocenters. The van der Waals surface area contributed by atoms with E-state index in [4.69, 9.17) is 10.2 Å². The summed E-state index contributed by atoms with van der Waals surface area (Å²) in [6.07, 6.45) is 20.3. The van der Waals surface area contributed by atoms with Gasteiger partial charge in [0, 0.05) is 19.5 Å². The van der Waals surface area contributed by atoms with Gasteiger partial charge in [-0.1, -0.05) is 96.8 Å². The molecule has 0 bridgehead atoms. The SMILES string of the molecule is CCCCCCCCCCCCCCCCCC(=O)NC(C)N(CCO)CCO. The fourth-order valence-corrected chi connectivity index (χ4v) is 3.81. The maximum absolute atomic E-state index is 12.0. The van der Waals surface area contributed by atoms with E-state index in [-0.39, 0.29) is 25.3 Å². The molecule has 5 heteroatoms. The molecule has 0 heterocycles. The normalized spacial score (nSPS) is 12.4. The average Bonchev–Trinajstić information content (AvgIpc) is 2.70. The summed E-state index contributed by atoms with van der Waals surface area (Å²) in [5, 5.41) is 21.1. The van der Waals surface area contributed by atoms with Gasteiger partial charge in [0.25, 0.3) is 0 Å². The van der Waals surface area contributed by atoms with Crippen LogP contribution in [0.1, 0.15) is 117 Å². The largest absolute Gasteiger partial charge is 0.395 e. The van der Waals surface area contributed by atoms with Gasteiger partial charge in [-0.25, -0.2) is 0 Å². The Morgan fingerprint density at radius 1 is 0.724 bits per heavy atom. The number of aliphatic hydroxyl groups is 2. The van der Waals surface area contributed by atoms with Crippen molar-refractivity contribution in [1.82, 2.24) is 10.2 Å². The second-order valence-corrected chi connectivity index (χ2v) is 8.43. The Bertz CT molecular complexity index is 347. The number of carbonyl (C=O) groups excluding carboxylic acids is 1. The molecular formula is C24H50N2O3. The first kappa shape index (κ1) is 28.4. The van der Waals surface area contributed by atoms with E-state index >= 15 is 0 Å². The van der Waals surface area contributed by atoms with Crippen molar-refractivity contribution >= 4 is 5.91 Å².